The Morgan fingerprint density at radius 1 is 1.25 bits per heavy atom. The minimum Gasteiger partial charge on any atom is -0.497 e. The van der Waals surface area contributed by atoms with Gasteiger partial charge in [0.2, 0.25) is 10.0 Å². The molecule has 0 amide bonds. The summed E-state index contributed by atoms with van der Waals surface area (Å²) in [6, 6.07) is 4.63. The second-order valence-electron chi connectivity index (χ2n) is 4.55. The molecule has 0 unspecified atom stereocenters. The average Bonchev–Trinajstić information content (AvgIpc) is 2.61. The van der Waals surface area contributed by atoms with E-state index in [2.05, 4.69) is 4.72 Å². The highest BCUT2D eigenvalue weighted by molar-refractivity contribution is 7.92. The monoisotopic (exact) mass is 321 g/mol. The van der Waals surface area contributed by atoms with Gasteiger partial charge in [-0.25, -0.2) is 21.6 Å². The van der Waals surface area contributed by atoms with E-state index in [-0.39, 0.29) is 4.90 Å². The highest BCUT2D eigenvalue weighted by Gasteiger charge is 2.38. The van der Waals surface area contributed by atoms with Crippen LogP contribution >= 0.6 is 0 Å². The van der Waals surface area contributed by atoms with E-state index < -0.39 is 43.5 Å². The van der Waals surface area contributed by atoms with Gasteiger partial charge in [0.25, 0.3) is 0 Å². The van der Waals surface area contributed by atoms with E-state index in [1.807, 2.05) is 0 Å². The summed E-state index contributed by atoms with van der Waals surface area (Å²) in [7, 11) is -5.83. The molecule has 0 radical (unpaired) electrons. The van der Waals surface area contributed by atoms with Crippen LogP contribution in [0.15, 0.2) is 29.2 Å². The zero-order chi connectivity index (χ0) is 15.0. The first-order valence-corrected chi connectivity index (χ1v) is 9.09. The summed E-state index contributed by atoms with van der Waals surface area (Å²) in [6.45, 7) is 0. The van der Waals surface area contributed by atoms with E-state index in [0.29, 0.717) is 5.75 Å². The van der Waals surface area contributed by atoms with E-state index in [9.17, 15) is 21.9 Å². The molecule has 1 aromatic carbocycles. The maximum absolute atomic E-state index is 12.1. The molecule has 0 aromatic heterocycles. The normalized spacial score (nSPS) is 25.5. The lowest BCUT2D eigenvalue weighted by molar-refractivity contribution is 0.176. The summed E-state index contributed by atoms with van der Waals surface area (Å²) in [5.41, 5.74) is 0. The number of hydrogen-bond donors (Lipinski definition) is 2. The molecule has 7 nitrogen and oxygen atoms in total. The first-order valence-electron chi connectivity index (χ1n) is 5.78. The first kappa shape index (κ1) is 15.2. The van der Waals surface area contributed by atoms with Crippen LogP contribution in [0.3, 0.4) is 0 Å². The minimum atomic E-state index is -3.88. The first-order chi connectivity index (χ1) is 9.23. The molecule has 1 aromatic rings. The number of sulfone groups is 1. The number of ether oxygens (including phenoxy) is 1. The van der Waals surface area contributed by atoms with Gasteiger partial charge < -0.3 is 9.84 Å². The van der Waals surface area contributed by atoms with Crippen molar-refractivity contribution in [3.05, 3.63) is 24.3 Å². The fourth-order valence-electron chi connectivity index (χ4n) is 1.96. The predicted octanol–water partition coefficient (Wildman–Crippen LogP) is -0.869. The van der Waals surface area contributed by atoms with Gasteiger partial charge in [-0.15, -0.1) is 0 Å². The van der Waals surface area contributed by atoms with E-state index in [0.717, 1.165) is 0 Å². The smallest absolute Gasteiger partial charge is 0.240 e. The summed E-state index contributed by atoms with van der Waals surface area (Å²) in [4.78, 5) is -0.0187. The van der Waals surface area contributed by atoms with Gasteiger partial charge >= 0.3 is 0 Å². The SMILES string of the molecule is COc1ccc(S(=O)(=O)N[C@@H]2CS(=O)(=O)C[C@H]2O)cc1. The minimum absolute atomic E-state index is 0.0187. The Hall–Kier alpha value is -1.16. The fourth-order valence-corrected chi connectivity index (χ4v) is 5.08. The molecule has 20 heavy (non-hydrogen) atoms. The maximum atomic E-state index is 12.1. The van der Waals surface area contributed by atoms with Gasteiger partial charge in [0, 0.05) is 0 Å². The molecule has 0 saturated carbocycles. The molecule has 0 bridgehead atoms. The molecule has 2 atom stereocenters. The Kier molecular flexibility index (Phi) is 4.05. The van der Waals surface area contributed by atoms with Crippen LogP contribution in [-0.4, -0.2) is 52.7 Å². The number of rotatable bonds is 4. The van der Waals surface area contributed by atoms with Gasteiger partial charge in [0.1, 0.15) is 5.75 Å². The lowest BCUT2D eigenvalue weighted by Crippen LogP contribution is -2.42. The van der Waals surface area contributed by atoms with Crippen molar-refractivity contribution in [2.45, 2.75) is 17.0 Å². The van der Waals surface area contributed by atoms with Gasteiger partial charge in [-0.2, -0.15) is 0 Å². The van der Waals surface area contributed by atoms with Gasteiger partial charge in [-0.05, 0) is 24.3 Å². The molecule has 0 spiro atoms. The fraction of sp³-hybridized carbons (Fsp3) is 0.455. The maximum Gasteiger partial charge on any atom is 0.240 e. The molecule has 2 N–H and O–H groups in total. The summed E-state index contributed by atoms with van der Waals surface area (Å²) in [6.07, 6.45) is -1.23. The van der Waals surface area contributed by atoms with Gasteiger partial charge in [0.15, 0.2) is 9.84 Å². The lowest BCUT2D eigenvalue weighted by Gasteiger charge is -2.15. The number of nitrogens with one attached hydrogen (secondary N) is 1. The van der Waals surface area contributed by atoms with E-state index in [4.69, 9.17) is 4.74 Å². The van der Waals surface area contributed by atoms with Crippen LogP contribution in [0.5, 0.6) is 5.75 Å². The molecule has 1 aliphatic heterocycles. The highest BCUT2D eigenvalue weighted by Crippen LogP contribution is 2.18. The van der Waals surface area contributed by atoms with Crippen LogP contribution in [0.1, 0.15) is 0 Å². The Morgan fingerprint density at radius 2 is 1.85 bits per heavy atom. The molecular formula is C11H15NO6S2. The summed E-state index contributed by atoms with van der Waals surface area (Å²) in [5, 5.41) is 9.59. The van der Waals surface area contributed by atoms with Crippen molar-refractivity contribution >= 4 is 19.9 Å². The molecule has 9 heteroatoms. The number of benzene rings is 1. The van der Waals surface area contributed by atoms with Gasteiger partial charge in [0.05, 0.1) is 35.7 Å². The van der Waals surface area contributed by atoms with E-state index in [1.165, 1.54) is 31.4 Å². The van der Waals surface area contributed by atoms with Crippen LogP contribution in [0, 0.1) is 0 Å². The Labute approximate surface area is 117 Å². The molecule has 1 fully saturated rings. The molecule has 0 aliphatic carbocycles. The van der Waals surface area contributed by atoms with Crippen LogP contribution in [0.2, 0.25) is 0 Å². The zero-order valence-corrected chi connectivity index (χ0v) is 12.3. The molecular weight excluding hydrogens is 306 g/mol. The van der Waals surface area contributed by atoms with Crippen molar-refractivity contribution in [3.63, 3.8) is 0 Å². The highest BCUT2D eigenvalue weighted by atomic mass is 32.2. The third kappa shape index (κ3) is 3.29. The zero-order valence-electron chi connectivity index (χ0n) is 10.7. The van der Waals surface area contributed by atoms with Gasteiger partial charge in [-0.1, -0.05) is 0 Å². The second-order valence-corrected chi connectivity index (χ2v) is 8.42. The summed E-state index contributed by atoms with van der Waals surface area (Å²) < 4.78 is 54.0. The molecule has 1 aliphatic rings. The van der Waals surface area contributed by atoms with Crippen molar-refractivity contribution in [3.8, 4) is 5.75 Å². The van der Waals surface area contributed by atoms with Crippen LogP contribution < -0.4 is 9.46 Å². The van der Waals surface area contributed by atoms with Crippen molar-refractivity contribution in [1.82, 2.24) is 4.72 Å². The molecule has 112 valence electrons. The van der Waals surface area contributed by atoms with E-state index >= 15 is 0 Å². The van der Waals surface area contributed by atoms with Crippen LogP contribution in [0.4, 0.5) is 0 Å². The van der Waals surface area contributed by atoms with Crippen molar-refractivity contribution in [2.75, 3.05) is 18.6 Å². The predicted molar refractivity (Wildman–Crippen MR) is 71.8 cm³/mol. The van der Waals surface area contributed by atoms with Crippen LogP contribution in [0.25, 0.3) is 0 Å². The summed E-state index contributed by atoms with van der Waals surface area (Å²) in [5.74, 6) is -0.320. The quantitative estimate of drug-likeness (QED) is 0.746. The molecule has 1 saturated heterocycles. The topological polar surface area (TPSA) is 110 Å². The largest absolute Gasteiger partial charge is 0.497 e. The standard InChI is InChI=1S/C11H15NO6S2/c1-18-8-2-4-9(5-3-8)20(16,17)12-10-6-19(14,15)7-11(10)13/h2-5,10-13H,6-7H2,1H3/t10-,11-/m1/s1. The van der Waals surface area contributed by atoms with E-state index in [1.54, 1.807) is 0 Å². The molecule has 2 rings (SSSR count). The average molecular weight is 321 g/mol. The van der Waals surface area contributed by atoms with Crippen molar-refractivity contribution < 1.29 is 26.7 Å². The number of aliphatic hydroxyl groups excluding tert-OH is 1. The molecule has 1 heterocycles. The Morgan fingerprint density at radius 3 is 2.30 bits per heavy atom. The van der Waals surface area contributed by atoms with Crippen LogP contribution in [-0.2, 0) is 19.9 Å². The van der Waals surface area contributed by atoms with Gasteiger partial charge in [-0.3, -0.25) is 0 Å². The second kappa shape index (κ2) is 5.32. The third-order valence-electron chi connectivity index (χ3n) is 3.00. The number of methoxy groups -OCH3 is 1. The number of hydrogen-bond acceptors (Lipinski definition) is 6. The Bertz CT molecular complexity index is 680. The third-order valence-corrected chi connectivity index (χ3v) is 6.22. The number of sulfonamides is 1. The lowest BCUT2D eigenvalue weighted by atomic mass is 10.2. The number of aliphatic hydroxyl groups is 1. The summed E-state index contributed by atoms with van der Waals surface area (Å²) >= 11 is 0. The van der Waals surface area contributed by atoms with Crippen molar-refractivity contribution in [1.29, 1.82) is 0 Å². The van der Waals surface area contributed by atoms with Crippen molar-refractivity contribution in [2.24, 2.45) is 0 Å². The Balaban J connectivity index is 2.19.